The first-order valence-corrected chi connectivity index (χ1v) is 6.93. The van der Waals surface area contributed by atoms with Gasteiger partial charge in [-0.15, -0.1) is 12.4 Å². The number of halogens is 1. The van der Waals surface area contributed by atoms with Crippen molar-refractivity contribution in [1.29, 1.82) is 0 Å². The number of esters is 1. The minimum absolute atomic E-state index is 0. The molecule has 0 aromatic heterocycles. The van der Waals surface area contributed by atoms with Crippen LogP contribution in [0.2, 0.25) is 0 Å². The topological polar surface area (TPSA) is 61.8 Å². The minimum atomic E-state index is -0.576. The zero-order valence-corrected chi connectivity index (χ0v) is 12.3. The summed E-state index contributed by atoms with van der Waals surface area (Å²) in [6.07, 6.45) is 3.39. The number of carbonyl (C=O) groups is 1. The van der Waals surface area contributed by atoms with E-state index in [1.807, 2.05) is 0 Å². The molecule has 2 atom stereocenters. The smallest absolute Gasteiger partial charge is 0.325 e. The average Bonchev–Trinajstić information content (AvgIpc) is 2.39. The van der Waals surface area contributed by atoms with Crippen molar-refractivity contribution in [3.05, 3.63) is 0 Å². The standard InChI is InChI=1S/C13H24N2O3.ClH/c1-18-13(17)12-11(16)3-2-8-15(12)9-10-4-6-14-7-5-10;/h10-12,14,16H,2-9H2,1H3;1H. The van der Waals surface area contributed by atoms with Crippen LogP contribution in [0, 0.1) is 5.92 Å². The highest BCUT2D eigenvalue weighted by molar-refractivity contribution is 5.85. The van der Waals surface area contributed by atoms with Crippen LogP contribution in [0.4, 0.5) is 0 Å². The van der Waals surface area contributed by atoms with Crippen molar-refractivity contribution in [2.75, 3.05) is 33.3 Å². The maximum atomic E-state index is 11.8. The van der Waals surface area contributed by atoms with Crippen LogP contribution >= 0.6 is 12.4 Å². The quantitative estimate of drug-likeness (QED) is 0.738. The molecule has 2 unspecified atom stereocenters. The molecule has 0 aromatic carbocycles. The molecular formula is C13H25ClN2O3. The SMILES string of the molecule is COC(=O)C1C(O)CCCN1CC1CCNCC1.Cl. The van der Waals surface area contributed by atoms with Gasteiger partial charge in [0.2, 0.25) is 0 Å². The van der Waals surface area contributed by atoms with Gasteiger partial charge in [-0.3, -0.25) is 9.69 Å². The van der Waals surface area contributed by atoms with Gasteiger partial charge in [0.05, 0.1) is 13.2 Å². The fourth-order valence-electron chi connectivity index (χ4n) is 3.07. The third-order valence-corrected chi connectivity index (χ3v) is 4.10. The van der Waals surface area contributed by atoms with E-state index in [-0.39, 0.29) is 18.4 Å². The first-order chi connectivity index (χ1) is 8.72. The number of carbonyl (C=O) groups excluding carboxylic acids is 1. The molecule has 2 aliphatic heterocycles. The monoisotopic (exact) mass is 292 g/mol. The summed E-state index contributed by atoms with van der Waals surface area (Å²) in [6.45, 7) is 3.91. The molecule has 5 nitrogen and oxygen atoms in total. The fraction of sp³-hybridized carbons (Fsp3) is 0.923. The van der Waals surface area contributed by atoms with Crippen molar-refractivity contribution in [3.8, 4) is 0 Å². The Hall–Kier alpha value is -0.360. The number of piperidine rings is 2. The highest BCUT2D eigenvalue weighted by atomic mass is 35.5. The number of nitrogens with one attached hydrogen (secondary N) is 1. The van der Waals surface area contributed by atoms with Crippen LogP contribution in [-0.4, -0.2) is 61.4 Å². The highest BCUT2D eigenvalue weighted by Crippen LogP contribution is 2.22. The number of ether oxygens (including phenoxy) is 1. The molecule has 0 amide bonds. The van der Waals surface area contributed by atoms with Crippen molar-refractivity contribution in [2.24, 2.45) is 5.92 Å². The number of hydrogen-bond acceptors (Lipinski definition) is 5. The number of rotatable bonds is 3. The summed E-state index contributed by atoms with van der Waals surface area (Å²) in [7, 11) is 1.40. The van der Waals surface area contributed by atoms with Gasteiger partial charge in [-0.05, 0) is 51.2 Å². The van der Waals surface area contributed by atoms with Crippen LogP contribution in [0.25, 0.3) is 0 Å². The van der Waals surface area contributed by atoms with Gasteiger partial charge < -0.3 is 15.2 Å². The lowest BCUT2D eigenvalue weighted by molar-refractivity contribution is -0.154. The van der Waals surface area contributed by atoms with Gasteiger partial charge in [0.15, 0.2) is 0 Å². The number of hydrogen-bond donors (Lipinski definition) is 2. The number of aliphatic hydroxyl groups is 1. The van der Waals surface area contributed by atoms with Crippen molar-refractivity contribution >= 4 is 18.4 Å². The fourth-order valence-corrected chi connectivity index (χ4v) is 3.07. The third kappa shape index (κ3) is 4.31. The number of aliphatic hydroxyl groups excluding tert-OH is 1. The second-order valence-corrected chi connectivity index (χ2v) is 5.37. The van der Waals surface area contributed by atoms with Gasteiger partial charge in [0, 0.05) is 6.54 Å². The summed E-state index contributed by atoms with van der Waals surface area (Å²) < 4.78 is 4.83. The molecule has 2 heterocycles. The molecule has 2 rings (SSSR count). The molecule has 2 N–H and O–H groups in total. The minimum Gasteiger partial charge on any atom is -0.468 e. The van der Waals surface area contributed by atoms with Crippen LogP contribution in [-0.2, 0) is 9.53 Å². The van der Waals surface area contributed by atoms with Crippen LogP contribution in [0.15, 0.2) is 0 Å². The van der Waals surface area contributed by atoms with Crippen molar-refractivity contribution in [2.45, 2.75) is 37.8 Å². The van der Waals surface area contributed by atoms with Crippen molar-refractivity contribution in [3.63, 3.8) is 0 Å². The van der Waals surface area contributed by atoms with Crippen LogP contribution < -0.4 is 5.32 Å². The summed E-state index contributed by atoms with van der Waals surface area (Å²) >= 11 is 0. The Morgan fingerprint density at radius 2 is 2.05 bits per heavy atom. The Morgan fingerprint density at radius 3 is 2.68 bits per heavy atom. The molecule has 2 saturated heterocycles. The first kappa shape index (κ1) is 16.7. The molecule has 0 aliphatic carbocycles. The molecular weight excluding hydrogens is 268 g/mol. The van der Waals surface area contributed by atoms with Gasteiger partial charge in [0.25, 0.3) is 0 Å². The molecule has 0 bridgehead atoms. The van der Waals surface area contributed by atoms with E-state index in [0.29, 0.717) is 12.3 Å². The van der Waals surface area contributed by atoms with Gasteiger partial charge in [-0.1, -0.05) is 0 Å². The van der Waals surface area contributed by atoms with E-state index in [0.717, 1.165) is 45.4 Å². The molecule has 112 valence electrons. The Morgan fingerprint density at radius 1 is 1.37 bits per heavy atom. The molecule has 0 aromatic rings. The van der Waals surface area contributed by atoms with Gasteiger partial charge in [-0.25, -0.2) is 0 Å². The van der Waals surface area contributed by atoms with E-state index in [2.05, 4.69) is 10.2 Å². The molecule has 19 heavy (non-hydrogen) atoms. The number of methoxy groups -OCH3 is 1. The van der Waals surface area contributed by atoms with E-state index < -0.39 is 12.1 Å². The van der Waals surface area contributed by atoms with E-state index >= 15 is 0 Å². The van der Waals surface area contributed by atoms with Crippen LogP contribution in [0.5, 0.6) is 0 Å². The summed E-state index contributed by atoms with van der Waals surface area (Å²) in [5, 5.41) is 13.4. The van der Waals surface area contributed by atoms with Crippen molar-refractivity contribution in [1.82, 2.24) is 10.2 Å². The van der Waals surface area contributed by atoms with E-state index in [9.17, 15) is 9.90 Å². The van der Waals surface area contributed by atoms with E-state index in [1.54, 1.807) is 0 Å². The zero-order valence-electron chi connectivity index (χ0n) is 11.5. The molecule has 2 fully saturated rings. The molecule has 2 aliphatic rings. The zero-order chi connectivity index (χ0) is 13.0. The molecule has 6 heteroatoms. The highest BCUT2D eigenvalue weighted by Gasteiger charge is 2.37. The Labute approximate surface area is 121 Å². The third-order valence-electron chi connectivity index (χ3n) is 4.10. The lowest BCUT2D eigenvalue weighted by atomic mass is 9.93. The summed E-state index contributed by atoms with van der Waals surface area (Å²) in [4.78, 5) is 13.9. The predicted molar refractivity (Wildman–Crippen MR) is 75.5 cm³/mol. The predicted octanol–water partition coefficient (Wildman–Crippen LogP) is 0.406. The Kier molecular flexibility index (Phi) is 7.07. The molecule has 0 spiro atoms. The maximum Gasteiger partial charge on any atom is 0.325 e. The Balaban J connectivity index is 0.00000180. The Bertz CT molecular complexity index is 285. The van der Waals surface area contributed by atoms with Gasteiger partial charge in [-0.2, -0.15) is 0 Å². The lowest BCUT2D eigenvalue weighted by Gasteiger charge is -2.39. The maximum absolute atomic E-state index is 11.8. The van der Waals surface area contributed by atoms with E-state index in [4.69, 9.17) is 4.74 Å². The molecule has 0 saturated carbocycles. The van der Waals surface area contributed by atoms with Crippen LogP contribution in [0.3, 0.4) is 0 Å². The summed E-state index contributed by atoms with van der Waals surface area (Å²) in [6, 6.07) is -0.460. The summed E-state index contributed by atoms with van der Waals surface area (Å²) in [5.41, 5.74) is 0. The summed E-state index contributed by atoms with van der Waals surface area (Å²) in [5.74, 6) is 0.333. The molecule has 0 radical (unpaired) electrons. The second-order valence-electron chi connectivity index (χ2n) is 5.37. The average molecular weight is 293 g/mol. The van der Waals surface area contributed by atoms with Gasteiger partial charge in [0.1, 0.15) is 6.04 Å². The second kappa shape index (κ2) is 8.04. The normalized spacial score (nSPS) is 29.6. The number of nitrogens with zero attached hydrogens (tertiary/aromatic N) is 1. The van der Waals surface area contributed by atoms with E-state index in [1.165, 1.54) is 7.11 Å². The van der Waals surface area contributed by atoms with Gasteiger partial charge >= 0.3 is 5.97 Å². The lowest BCUT2D eigenvalue weighted by Crippen LogP contribution is -2.54. The van der Waals surface area contributed by atoms with Crippen LogP contribution in [0.1, 0.15) is 25.7 Å². The number of likely N-dealkylation sites (tertiary alicyclic amines) is 1. The van der Waals surface area contributed by atoms with Crippen molar-refractivity contribution < 1.29 is 14.6 Å². The largest absolute Gasteiger partial charge is 0.468 e. The first-order valence-electron chi connectivity index (χ1n) is 6.93.